The average molecular weight is 357 g/mol. The molecule has 0 fully saturated rings. The van der Waals surface area contributed by atoms with E-state index in [0.29, 0.717) is 0 Å². The summed E-state index contributed by atoms with van der Waals surface area (Å²) < 4.78 is 1.51. The summed E-state index contributed by atoms with van der Waals surface area (Å²) in [6.07, 6.45) is 23.7. The van der Waals surface area contributed by atoms with Gasteiger partial charge in [-0.2, -0.15) is 0 Å². The molecule has 0 saturated heterocycles. The van der Waals surface area contributed by atoms with Crippen molar-refractivity contribution < 1.29 is 0 Å². The Morgan fingerprint density at radius 1 is 0.450 bits per heavy atom. The van der Waals surface area contributed by atoms with E-state index in [1.807, 2.05) is 0 Å². The Morgan fingerprint density at radius 2 is 0.700 bits per heavy atom. The van der Waals surface area contributed by atoms with Crippen molar-refractivity contribution >= 4 is 44.9 Å². The van der Waals surface area contributed by atoms with E-state index < -0.39 is 0 Å². The second kappa shape index (κ2) is 22.8. The predicted octanol–water partition coefficient (Wildman–Crippen LogP) is 7.41. The monoisotopic (exact) mass is 356 g/mol. The van der Waals surface area contributed by atoms with Gasteiger partial charge in [0.15, 0.2) is 0 Å². The first-order chi connectivity index (χ1) is 9.41. The predicted molar refractivity (Wildman–Crippen MR) is 100 cm³/mol. The zero-order valence-corrected chi connectivity index (χ0v) is 18.1. The third kappa shape index (κ3) is 21.8. The fraction of sp³-hybridized carbons (Fsp3) is 1.00. The van der Waals surface area contributed by atoms with E-state index in [-0.39, 0.29) is 17.0 Å². The van der Waals surface area contributed by atoms with Gasteiger partial charge >= 0.3 is 102 Å². The fourth-order valence-corrected chi connectivity index (χ4v) is 3.30. The van der Waals surface area contributed by atoms with Gasteiger partial charge in [-0.05, 0) is 0 Å². The molecule has 0 bridgehead atoms. The van der Waals surface area contributed by atoms with Crippen LogP contribution in [0, 0.1) is 0 Å². The van der Waals surface area contributed by atoms with Crippen molar-refractivity contribution in [3.05, 3.63) is 0 Å². The zero-order chi connectivity index (χ0) is 14.0. The molecule has 0 aromatic rings. The topological polar surface area (TPSA) is 0 Å². The quantitative estimate of drug-likeness (QED) is 0.199. The van der Waals surface area contributed by atoms with Crippen molar-refractivity contribution in [2.75, 3.05) is 0 Å². The summed E-state index contributed by atoms with van der Waals surface area (Å²) in [6, 6.07) is 0. The van der Waals surface area contributed by atoms with Gasteiger partial charge < -0.3 is 0 Å². The van der Waals surface area contributed by atoms with Crippen LogP contribution >= 0.6 is 17.0 Å². The Balaban J connectivity index is 0. The first-order valence-electron chi connectivity index (χ1n) is 9.41. The first kappa shape index (κ1) is 23.7. The van der Waals surface area contributed by atoms with E-state index in [1.54, 1.807) is 0 Å². The molecule has 0 unspecified atom stereocenters. The summed E-state index contributed by atoms with van der Waals surface area (Å²) in [5, 5.41) is 0. The molecule has 2 heteroatoms. The standard InChI is InChI=1S/C18H37.BrH.Na/c1-3-5-7-9-11-13-15-17-18-16-14-12-10-8-6-4-2;;/h1,3-18H2,2H3;1H;. The molecule has 0 heterocycles. The Morgan fingerprint density at radius 3 is 0.950 bits per heavy atom. The number of hydrogen-bond acceptors (Lipinski definition) is 0. The fourth-order valence-electron chi connectivity index (χ4n) is 2.80. The van der Waals surface area contributed by atoms with Gasteiger partial charge in [0.1, 0.15) is 0 Å². The molecule has 0 rings (SSSR count). The molecule has 20 heavy (non-hydrogen) atoms. The van der Waals surface area contributed by atoms with Gasteiger partial charge in [-0.1, -0.05) is 39.0 Å². The molecule has 0 spiro atoms. The average Bonchev–Trinajstić information content (AvgIpc) is 2.43. The van der Waals surface area contributed by atoms with Crippen LogP contribution in [-0.2, 0) is 0 Å². The van der Waals surface area contributed by atoms with E-state index >= 15 is 0 Å². The molecule has 118 valence electrons. The second-order valence-corrected chi connectivity index (χ2v) is 7.30. The van der Waals surface area contributed by atoms with Crippen LogP contribution in [-0.4, -0.2) is 27.9 Å². The second-order valence-electron chi connectivity index (χ2n) is 6.30. The summed E-state index contributed by atoms with van der Waals surface area (Å²) >= 11 is 1.41. The zero-order valence-electron chi connectivity index (χ0n) is 14.4. The molecule has 0 aliphatic rings. The summed E-state index contributed by atoms with van der Waals surface area (Å²) in [6.45, 7) is 2.30. The molecule has 0 aliphatic heterocycles. The van der Waals surface area contributed by atoms with Gasteiger partial charge in [-0.25, -0.2) is 0 Å². The summed E-state index contributed by atoms with van der Waals surface area (Å²) in [7, 11) is 0. The number of hydrogen-bond donors (Lipinski definition) is 0. The van der Waals surface area contributed by atoms with Crippen LogP contribution < -0.4 is 0 Å². The molecule has 0 aromatic heterocycles. The van der Waals surface area contributed by atoms with Gasteiger partial charge in [0, 0.05) is 0 Å². The van der Waals surface area contributed by atoms with Crippen LogP contribution in [0.2, 0.25) is 3.67 Å². The van der Waals surface area contributed by atoms with Crippen LogP contribution in [0.5, 0.6) is 0 Å². The normalized spacial score (nSPS) is 10.6. The molecule has 0 amide bonds. The molecular formula is C18H38BrNa. The van der Waals surface area contributed by atoms with Crippen molar-refractivity contribution in [1.29, 1.82) is 0 Å². The molecule has 0 radical (unpaired) electrons. The summed E-state index contributed by atoms with van der Waals surface area (Å²) in [5.74, 6) is 0. The third-order valence-corrected chi connectivity index (χ3v) is 4.91. The molecule has 0 N–H and O–H groups in total. The Kier molecular flexibility index (Phi) is 27.0. The maximum absolute atomic E-state index is 2.30. The van der Waals surface area contributed by atoms with Gasteiger partial charge in [0.05, 0.1) is 0 Å². The van der Waals surface area contributed by atoms with E-state index in [9.17, 15) is 0 Å². The van der Waals surface area contributed by atoms with Crippen molar-refractivity contribution in [2.45, 2.75) is 113 Å². The molecule has 0 aromatic carbocycles. The van der Waals surface area contributed by atoms with Crippen molar-refractivity contribution in [1.82, 2.24) is 0 Å². The SMILES string of the molecule is Br.CCCCCCCCCCCCCCCCC[CH2][Na]. The van der Waals surface area contributed by atoms with Crippen LogP contribution in [0.25, 0.3) is 0 Å². The van der Waals surface area contributed by atoms with Crippen LogP contribution in [0.1, 0.15) is 110 Å². The first-order valence-corrected chi connectivity index (χ1v) is 10.8. The van der Waals surface area contributed by atoms with Gasteiger partial charge in [-0.3, -0.25) is 0 Å². The van der Waals surface area contributed by atoms with Crippen molar-refractivity contribution in [3.8, 4) is 0 Å². The third-order valence-electron chi connectivity index (χ3n) is 4.21. The molecule has 0 aliphatic carbocycles. The number of unbranched alkanes of at least 4 members (excludes halogenated alkanes) is 15. The van der Waals surface area contributed by atoms with Crippen LogP contribution in [0.4, 0.5) is 0 Å². The van der Waals surface area contributed by atoms with Crippen molar-refractivity contribution in [2.24, 2.45) is 0 Å². The summed E-state index contributed by atoms with van der Waals surface area (Å²) in [4.78, 5) is 0. The van der Waals surface area contributed by atoms with Gasteiger partial charge in [-0.15, -0.1) is 17.0 Å². The van der Waals surface area contributed by atoms with E-state index in [1.165, 1.54) is 134 Å². The van der Waals surface area contributed by atoms with Crippen molar-refractivity contribution in [3.63, 3.8) is 0 Å². The van der Waals surface area contributed by atoms with Crippen LogP contribution in [0.3, 0.4) is 0 Å². The molecule has 0 atom stereocenters. The maximum atomic E-state index is 2.30. The number of rotatable bonds is 16. The molecule has 0 saturated carbocycles. The van der Waals surface area contributed by atoms with E-state index in [2.05, 4.69) is 6.92 Å². The molecule has 0 nitrogen and oxygen atoms in total. The Bertz CT molecular complexity index is 134. The Labute approximate surface area is 157 Å². The Hall–Kier alpha value is 1.48. The van der Waals surface area contributed by atoms with E-state index in [4.69, 9.17) is 0 Å². The van der Waals surface area contributed by atoms with Gasteiger partial charge in [0.2, 0.25) is 0 Å². The van der Waals surface area contributed by atoms with E-state index in [0.717, 1.165) is 0 Å². The van der Waals surface area contributed by atoms with Crippen LogP contribution in [0.15, 0.2) is 0 Å². The molecular weight excluding hydrogens is 319 g/mol. The summed E-state index contributed by atoms with van der Waals surface area (Å²) in [5.41, 5.74) is 0. The number of halogens is 1. The minimum atomic E-state index is 0. The van der Waals surface area contributed by atoms with Gasteiger partial charge in [0.25, 0.3) is 0 Å². The minimum absolute atomic E-state index is 0.